The Balaban J connectivity index is 1.89. The summed E-state index contributed by atoms with van der Waals surface area (Å²) in [5, 5.41) is 6.22. The van der Waals surface area contributed by atoms with Crippen molar-refractivity contribution in [3.8, 4) is 11.1 Å². The Bertz CT molecular complexity index is 1470. The second-order valence-electron chi connectivity index (χ2n) is 7.36. The summed E-state index contributed by atoms with van der Waals surface area (Å²) in [5.74, 6) is -0.830. The number of allylic oxidation sites excluding steroid dienone is 2. The molecule has 0 aliphatic rings. The number of hydrogen-bond acceptors (Lipinski definition) is 4. The highest BCUT2D eigenvalue weighted by Gasteiger charge is 2.20. The molecule has 4 rings (SSSR count). The zero-order valence-corrected chi connectivity index (χ0v) is 19.3. The van der Waals surface area contributed by atoms with E-state index in [-0.39, 0.29) is 12.4 Å². The van der Waals surface area contributed by atoms with Gasteiger partial charge in [-0.25, -0.2) is 4.39 Å². The van der Waals surface area contributed by atoms with E-state index in [4.69, 9.17) is 11.6 Å². The number of nitroso groups, excluding NO2 is 1. The van der Waals surface area contributed by atoms with Crippen LogP contribution in [0.2, 0.25) is 0 Å². The third-order valence-corrected chi connectivity index (χ3v) is 6.74. The van der Waals surface area contributed by atoms with Gasteiger partial charge in [-0.3, -0.25) is 9.79 Å². The van der Waals surface area contributed by atoms with E-state index in [1.54, 1.807) is 28.2 Å². The molecule has 8 heteroatoms. The number of rotatable bonds is 7. The van der Waals surface area contributed by atoms with Crippen molar-refractivity contribution in [2.24, 2.45) is 10.2 Å². The van der Waals surface area contributed by atoms with Crippen LogP contribution < -0.4 is 0 Å². The molecule has 1 amide bonds. The van der Waals surface area contributed by atoms with E-state index in [2.05, 4.69) is 22.8 Å². The molecule has 0 atom stereocenters. The van der Waals surface area contributed by atoms with E-state index in [0.29, 0.717) is 16.8 Å². The molecular formula is C25H19ClFN3O2S. The van der Waals surface area contributed by atoms with Crippen molar-refractivity contribution in [2.75, 3.05) is 5.88 Å². The molecule has 0 fully saturated rings. The number of alkyl halides is 1. The second-order valence-corrected chi connectivity index (χ2v) is 8.54. The Morgan fingerprint density at radius 3 is 2.79 bits per heavy atom. The molecule has 0 saturated carbocycles. The number of nitrogens with zero attached hydrogens (tertiary/aromatic N) is 3. The number of fused-ring (bicyclic) bond motifs is 2. The van der Waals surface area contributed by atoms with Gasteiger partial charge in [-0.05, 0) is 53.8 Å². The maximum atomic E-state index is 14.2. The standard InChI is InChI=1S/C25H19ClFN3O2S/c1-3-28-9-8-17(12-26)16-4-6-19-21(14-33-23(19)10-16)25-15(2)30(13-24(31)29-32)22-7-5-18(27)11-20(22)25/h3-11,14H,1,12-13H2,2H3/b17-8+,28-9-. The van der Waals surface area contributed by atoms with Gasteiger partial charge in [-0.2, -0.15) is 0 Å². The van der Waals surface area contributed by atoms with Gasteiger partial charge in [0.25, 0.3) is 0 Å². The van der Waals surface area contributed by atoms with E-state index in [0.717, 1.165) is 38.0 Å². The number of halogens is 2. The molecular weight excluding hydrogens is 461 g/mol. The molecule has 0 saturated heterocycles. The van der Waals surface area contributed by atoms with Crippen molar-refractivity contribution in [1.82, 2.24) is 4.57 Å². The summed E-state index contributed by atoms with van der Waals surface area (Å²) in [7, 11) is 0. The quantitative estimate of drug-likeness (QED) is 0.161. The lowest BCUT2D eigenvalue weighted by atomic mass is 9.99. The largest absolute Gasteiger partial charge is 0.335 e. The van der Waals surface area contributed by atoms with Crippen LogP contribution in [0.5, 0.6) is 0 Å². The van der Waals surface area contributed by atoms with Gasteiger partial charge in [0.2, 0.25) is 0 Å². The Morgan fingerprint density at radius 2 is 2.06 bits per heavy atom. The highest BCUT2D eigenvalue weighted by molar-refractivity contribution is 7.17. The normalized spacial score (nSPS) is 12.2. The van der Waals surface area contributed by atoms with E-state index < -0.39 is 5.91 Å². The minimum absolute atomic E-state index is 0.195. The summed E-state index contributed by atoms with van der Waals surface area (Å²) in [6.45, 7) is 5.22. The number of aromatic nitrogens is 1. The predicted molar refractivity (Wildman–Crippen MR) is 136 cm³/mol. The fourth-order valence-corrected chi connectivity index (χ4v) is 5.23. The van der Waals surface area contributed by atoms with E-state index in [1.807, 2.05) is 30.5 Å². The lowest BCUT2D eigenvalue weighted by Crippen LogP contribution is -2.08. The molecule has 0 unspecified atom stereocenters. The summed E-state index contributed by atoms with van der Waals surface area (Å²) in [4.78, 5) is 26.5. The zero-order chi connectivity index (χ0) is 23.5. The van der Waals surface area contributed by atoms with Gasteiger partial charge in [-0.1, -0.05) is 18.7 Å². The highest BCUT2D eigenvalue weighted by Crippen LogP contribution is 2.42. The van der Waals surface area contributed by atoms with Crippen molar-refractivity contribution in [2.45, 2.75) is 13.5 Å². The Morgan fingerprint density at radius 1 is 1.24 bits per heavy atom. The first kappa shape index (κ1) is 22.8. The van der Waals surface area contributed by atoms with Crippen LogP contribution in [0.4, 0.5) is 4.39 Å². The Hall–Kier alpha value is -3.42. The number of thiophene rings is 1. The van der Waals surface area contributed by atoms with Crippen LogP contribution >= 0.6 is 22.9 Å². The number of aliphatic imine (C=N–C) groups is 1. The number of amides is 1. The van der Waals surface area contributed by atoms with Gasteiger partial charge in [0.15, 0.2) is 0 Å². The number of hydrogen-bond donors (Lipinski definition) is 0. The smallest absolute Gasteiger partial charge is 0.305 e. The van der Waals surface area contributed by atoms with Crippen LogP contribution in [0.1, 0.15) is 11.3 Å². The predicted octanol–water partition coefficient (Wildman–Crippen LogP) is 7.10. The van der Waals surface area contributed by atoms with Crippen LogP contribution in [-0.4, -0.2) is 22.6 Å². The summed E-state index contributed by atoms with van der Waals surface area (Å²) in [6.07, 6.45) is 4.96. The SMILES string of the molecule is C=C/N=C\C=C(/CCl)c1ccc2c(-c3c(C)n(CC(=O)N=O)c4ccc(F)cc34)csc2c1. The van der Waals surface area contributed by atoms with Crippen LogP contribution in [0.3, 0.4) is 0 Å². The topological polar surface area (TPSA) is 63.8 Å². The van der Waals surface area contributed by atoms with Gasteiger partial charge < -0.3 is 4.57 Å². The number of carbonyl (C=O) groups is 1. The zero-order valence-electron chi connectivity index (χ0n) is 17.7. The Kier molecular flexibility index (Phi) is 6.62. The molecule has 2 heterocycles. The fraction of sp³-hybridized carbons (Fsp3) is 0.120. The minimum atomic E-state index is -0.786. The fourth-order valence-electron chi connectivity index (χ4n) is 4.00. The van der Waals surface area contributed by atoms with Gasteiger partial charge in [0.05, 0.1) is 0 Å². The van der Waals surface area contributed by atoms with Gasteiger partial charge in [0, 0.05) is 61.3 Å². The third kappa shape index (κ3) is 4.29. The maximum Gasteiger partial charge on any atom is 0.305 e. The molecule has 0 aliphatic heterocycles. The summed E-state index contributed by atoms with van der Waals surface area (Å²) in [6, 6.07) is 10.5. The first-order valence-electron chi connectivity index (χ1n) is 10.0. The van der Waals surface area contributed by atoms with Crippen molar-refractivity contribution >= 4 is 61.6 Å². The van der Waals surface area contributed by atoms with Crippen molar-refractivity contribution < 1.29 is 9.18 Å². The van der Waals surface area contributed by atoms with Gasteiger partial charge in [-0.15, -0.1) is 27.8 Å². The molecule has 0 spiro atoms. The molecule has 0 bridgehead atoms. The van der Waals surface area contributed by atoms with E-state index in [9.17, 15) is 14.1 Å². The first-order chi connectivity index (χ1) is 16.0. The minimum Gasteiger partial charge on any atom is -0.335 e. The van der Waals surface area contributed by atoms with Crippen molar-refractivity contribution in [3.63, 3.8) is 0 Å². The van der Waals surface area contributed by atoms with Crippen molar-refractivity contribution in [3.05, 3.63) is 82.6 Å². The molecule has 2 aromatic heterocycles. The average Bonchev–Trinajstić information content (AvgIpc) is 3.34. The van der Waals surface area contributed by atoms with Crippen LogP contribution in [-0.2, 0) is 11.3 Å². The summed E-state index contributed by atoms with van der Waals surface area (Å²) >= 11 is 7.71. The van der Waals surface area contributed by atoms with E-state index in [1.165, 1.54) is 18.3 Å². The lowest BCUT2D eigenvalue weighted by molar-refractivity contribution is -0.118. The van der Waals surface area contributed by atoms with E-state index >= 15 is 0 Å². The number of carbonyl (C=O) groups excluding carboxylic acids is 1. The second kappa shape index (κ2) is 9.60. The summed E-state index contributed by atoms with van der Waals surface area (Å²) in [5.41, 5.74) is 5.10. The van der Waals surface area contributed by atoms with Gasteiger partial charge >= 0.3 is 5.91 Å². The number of benzene rings is 2. The molecule has 2 aromatic carbocycles. The van der Waals surface area contributed by atoms with Crippen LogP contribution in [0, 0.1) is 17.6 Å². The molecule has 0 radical (unpaired) electrons. The molecule has 0 aliphatic carbocycles. The van der Waals surface area contributed by atoms with Crippen molar-refractivity contribution in [1.29, 1.82) is 0 Å². The Labute approximate surface area is 198 Å². The molecule has 0 N–H and O–H groups in total. The lowest BCUT2D eigenvalue weighted by Gasteiger charge is -2.06. The first-order valence-corrected chi connectivity index (χ1v) is 11.5. The van der Waals surface area contributed by atoms with Crippen LogP contribution in [0.15, 0.2) is 70.8 Å². The highest BCUT2D eigenvalue weighted by atomic mass is 35.5. The summed E-state index contributed by atoms with van der Waals surface area (Å²) < 4.78 is 16.9. The molecule has 5 nitrogen and oxygen atoms in total. The monoisotopic (exact) mass is 479 g/mol. The molecule has 166 valence electrons. The van der Waals surface area contributed by atoms with Crippen LogP contribution in [0.25, 0.3) is 37.7 Å². The average molecular weight is 480 g/mol. The molecule has 33 heavy (non-hydrogen) atoms. The maximum absolute atomic E-state index is 14.2. The third-order valence-electron chi connectivity index (χ3n) is 5.51. The van der Waals surface area contributed by atoms with Gasteiger partial charge in [0.1, 0.15) is 12.4 Å². The molecule has 4 aromatic rings.